The summed E-state index contributed by atoms with van der Waals surface area (Å²) in [5.74, 6) is 0. The van der Waals surface area contributed by atoms with Crippen molar-refractivity contribution in [2.75, 3.05) is 5.01 Å². The molecule has 0 amide bonds. The average Bonchev–Trinajstić information content (AvgIpc) is 2.68. The predicted octanol–water partition coefficient (Wildman–Crippen LogP) is 2.24. The van der Waals surface area contributed by atoms with Crippen molar-refractivity contribution in [3.8, 4) is 0 Å². The molecule has 1 aromatic rings. The van der Waals surface area contributed by atoms with Crippen LogP contribution in [-0.2, 0) is 6.18 Å². The molecule has 8 heteroatoms. The van der Waals surface area contributed by atoms with Gasteiger partial charge in [-0.05, 0) is 18.2 Å². The van der Waals surface area contributed by atoms with Crippen LogP contribution in [0.25, 0.3) is 0 Å². The van der Waals surface area contributed by atoms with Crippen LogP contribution in [0.15, 0.2) is 27.8 Å². The zero-order chi connectivity index (χ0) is 11.8. The highest BCUT2D eigenvalue weighted by atomic mass is 79.9. The summed E-state index contributed by atoms with van der Waals surface area (Å²) in [5, 5.41) is 4.94. The van der Waals surface area contributed by atoms with Crippen LogP contribution in [0, 0.1) is 0 Å². The Morgan fingerprint density at radius 2 is 2.00 bits per heavy atom. The Morgan fingerprint density at radius 3 is 2.56 bits per heavy atom. The van der Waals surface area contributed by atoms with Crippen LogP contribution in [0.4, 0.5) is 18.9 Å². The van der Waals surface area contributed by atoms with Crippen LogP contribution in [0.3, 0.4) is 0 Å². The second-order valence-corrected chi connectivity index (χ2v) is 3.95. The predicted molar refractivity (Wildman–Crippen MR) is 56.4 cm³/mol. The van der Waals surface area contributed by atoms with E-state index in [1.54, 1.807) is 6.07 Å². The van der Waals surface area contributed by atoms with Crippen molar-refractivity contribution < 1.29 is 13.2 Å². The van der Waals surface area contributed by atoms with Gasteiger partial charge in [0.25, 0.3) is 0 Å². The Balaban J connectivity index is 2.39. The summed E-state index contributed by atoms with van der Waals surface area (Å²) in [6.45, 7) is 0. The number of nitrogens with zero attached hydrogens (tertiary/aromatic N) is 2. The molecule has 0 fully saturated rings. The average molecular weight is 295 g/mol. The maximum atomic E-state index is 12.5. The van der Waals surface area contributed by atoms with Gasteiger partial charge >= 0.3 is 6.18 Å². The topological polar surface area (TPSA) is 39.7 Å². The van der Waals surface area contributed by atoms with E-state index in [-0.39, 0.29) is 0 Å². The summed E-state index contributed by atoms with van der Waals surface area (Å²) in [5.41, 5.74) is 4.55. The molecule has 86 valence electrons. The van der Waals surface area contributed by atoms with Gasteiger partial charge in [-0.3, -0.25) is 0 Å². The minimum atomic E-state index is -4.37. The molecule has 16 heavy (non-hydrogen) atoms. The van der Waals surface area contributed by atoms with Crippen molar-refractivity contribution in [2.24, 2.45) is 5.10 Å². The number of hydrazone groups is 1. The molecule has 0 atom stereocenters. The number of alkyl halides is 3. The molecule has 1 aliphatic rings. The van der Waals surface area contributed by atoms with Crippen LogP contribution in [0.2, 0.25) is 0 Å². The summed E-state index contributed by atoms with van der Waals surface area (Å²) >= 11 is 3.03. The summed E-state index contributed by atoms with van der Waals surface area (Å²) in [6.07, 6.45) is -3.04. The lowest BCUT2D eigenvalue weighted by Gasteiger charge is -2.16. The fraction of sp³-hybridized carbons (Fsp3) is 0.125. The fourth-order valence-corrected chi connectivity index (χ4v) is 1.69. The molecule has 0 radical (unpaired) electrons. The van der Waals surface area contributed by atoms with Gasteiger partial charge in [-0.1, -0.05) is 15.9 Å². The maximum absolute atomic E-state index is 12.5. The summed E-state index contributed by atoms with van der Waals surface area (Å²) in [7, 11) is 0. The van der Waals surface area contributed by atoms with Crippen molar-refractivity contribution in [1.29, 1.82) is 0 Å². The van der Waals surface area contributed by atoms with Crippen LogP contribution in [0.5, 0.6) is 0 Å². The second-order valence-electron chi connectivity index (χ2n) is 3.03. The van der Waals surface area contributed by atoms with Crippen molar-refractivity contribution >= 4 is 28.0 Å². The zero-order valence-corrected chi connectivity index (χ0v) is 9.30. The number of anilines is 1. The van der Waals surface area contributed by atoms with Crippen LogP contribution < -0.4 is 16.1 Å². The van der Waals surface area contributed by atoms with E-state index in [2.05, 4.69) is 32.1 Å². The molecule has 2 N–H and O–H groups in total. The molecule has 1 aliphatic heterocycles. The Bertz CT molecular complexity index is 432. The lowest BCUT2D eigenvalue weighted by Crippen LogP contribution is -2.37. The molecule has 1 heterocycles. The van der Waals surface area contributed by atoms with E-state index in [1.165, 1.54) is 11.3 Å². The number of hydrazine groups is 2. The molecule has 0 unspecified atom stereocenters. The van der Waals surface area contributed by atoms with Gasteiger partial charge < -0.3 is 0 Å². The molecule has 0 saturated heterocycles. The Labute approximate surface area is 97.2 Å². The first-order valence-electron chi connectivity index (χ1n) is 4.18. The Kier molecular flexibility index (Phi) is 2.76. The first-order valence-corrected chi connectivity index (χ1v) is 4.97. The summed E-state index contributed by atoms with van der Waals surface area (Å²) < 4.78 is 37.9. The molecule has 0 saturated carbocycles. The molecule has 2 rings (SSSR count). The van der Waals surface area contributed by atoms with Crippen LogP contribution in [0.1, 0.15) is 5.56 Å². The van der Waals surface area contributed by atoms with E-state index in [9.17, 15) is 13.2 Å². The van der Waals surface area contributed by atoms with Gasteiger partial charge in [0, 0.05) is 4.47 Å². The number of rotatable bonds is 1. The van der Waals surface area contributed by atoms with Gasteiger partial charge in [-0.15, -0.1) is 5.53 Å². The van der Waals surface area contributed by atoms with Gasteiger partial charge in [0.1, 0.15) is 6.34 Å². The number of hydrogen-bond acceptors (Lipinski definition) is 4. The standard InChI is InChI=1S/C8H6BrF3N4/c9-6-1-5(8(10,11)12)2-7(3-6)16-4-13-14-15-16/h1-4,14-15H. The van der Waals surface area contributed by atoms with Crippen LogP contribution in [-0.4, -0.2) is 6.34 Å². The lowest BCUT2D eigenvalue weighted by atomic mass is 10.2. The first-order chi connectivity index (χ1) is 7.47. The minimum absolute atomic E-state index is 0.329. The Morgan fingerprint density at radius 1 is 1.25 bits per heavy atom. The third-order valence-electron chi connectivity index (χ3n) is 1.90. The molecule has 0 bridgehead atoms. The van der Waals surface area contributed by atoms with Gasteiger partial charge in [-0.25, -0.2) is 10.5 Å². The van der Waals surface area contributed by atoms with E-state index in [4.69, 9.17) is 0 Å². The van der Waals surface area contributed by atoms with Crippen molar-refractivity contribution in [2.45, 2.75) is 6.18 Å². The third-order valence-corrected chi connectivity index (χ3v) is 2.35. The summed E-state index contributed by atoms with van der Waals surface area (Å²) in [4.78, 5) is 0. The zero-order valence-electron chi connectivity index (χ0n) is 7.72. The highest BCUT2D eigenvalue weighted by molar-refractivity contribution is 9.10. The lowest BCUT2D eigenvalue weighted by molar-refractivity contribution is -0.137. The van der Waals surface area contributed by atoms with Crippen molar-refractivity contribution in [3.63, 3.8) is 0 Å². The van der Waals surface area contributed by atoms with Gasteiger partial charge in [0.15, 0.2) is 0 Å². The molecule has 0 spiro atoms. The number of nitrogens with one attached hydrogen (secondary N) is 2. The van der Waals surface area contributed by atoms with E-state index >= 15 is 0 Å². The molecule has 1 aromatic carbocycles. The van der Waals surface area contributed by atoms with Gasteiger partial charge in [0.2, 0.25) is 0 Å². The second kappa shape index (κ2) is 3.95. The van der Waals surface area contributed by atoms with E-state index in [1.807, 2.05) is 0 Å². The fourth-order valence-electron chi connectivity index (χ4n) is 1.21. The van der Waals surface area contributed by atoms with E-state index in [0.717, 1.165) is 12.1 Å². The highest BCUT2D eigenvalue weighted by Crippen LogP contribution is 2.34. The largest absolute Gasteiger partial charge is 0.416 e. The maximum Gasteiger partial charge on any atom is 0.416 e. The number of benzene rings is 1. The minimum Gasteiger partial charge on any atom is -0.245 e. The van der Waals surface area contributed by atoms with Crippen LogP contribution >= 0.6 is 15.9 Å². The monoisotopic (exact) mass is 294 g/mol. The van der Waals surface area contributed by atoms with Crippen molar-refractivity contribution in [3.05, 3.63) is 28.2 Å². The normalized spacial score (nSPS) is 15.4. The highest BCUT2D eigenvalue weighted by Gasteiger charge is 2.31. The number of hydrogen-bond donors (Lipinski definition) is 2. The number of halogens is 4. The Hall–Kier alpha value is -1.28. The van der Waals surface area contributed by atoms with E-state index in [0.29, 0.717) is 10.2 Å². The smallest absolute Gasteiger partial charge is 0.245 e. The quantitative estimate of drug-likeness (QED) is 0.834. The molecular weight excluding hydrogens is 289 g/mol. The summed E-state index contributed by atoms with van der Waals surface area (Å²) in [6, 6.07) is 3.59. The van der Waals surface area contributed by atoms with Gasteiger partial charge in [-0.2, -0.15) is 18.3 Å². The first kappa shape index (κ1) is 11.2. The molecule has 4 nitrogen and oxygen atoms in total. The van der Waals surface area contributed by atoms with E-state index < -0.39 is 11.7 Å². The molecule has 0 aliphatic carbocycles. The van der Waals surface area contributed by atoms with Crippen molar-refractivity contribution in [1.82, 2.24) is 11.1 Å². The van der Waals surface area contributed by atoms with Gasteiger partial charge in [0.05, 0.1) is 11.3 Å². The third kappa shape index (κ3) is 2.27. The molecular formula is C8H6BrF3N4. The SMILES string of the molecule is FC(F)(F)c1cc(Br)cc(N2C=NNN2)c1. The molecule has 0 aromatic heterocycles.